The molecule has 0 bridgehead atoms. The van der Waals surface area contributed by atoms with Crippen molar-refractivity contribution in [2.75, 3.05) is 25.5 Å². The van der Waals surface area contributed by atoms with Gasteiger partial charge in [0.1, 0.15) is 12.1 Å². The highest BCUT2D eigenvalue weighted by atomic mass is 16.2. The van der Waals surface area contributed by atoms with Gasteiger partial charge in [0, 0.05) is 12.7 Å². The SMILES string of the molecule is Cc1ccc(C)c(NC(=O)CN(C)C(=O)CN2C(=O)N[C@]3(CCc4ccccc43)C2=O)c1. The van der Waals surface area contributed by atoms with Crippen molar-refractivity contribution in [2.45, 2.75) is 32.2 Å². The minimum atomic E-state index is -1.10. The number of likely N-dealkylation sites (N-methyl/N-ethyl adjacent to an activating group) is 1. The monoisotopic (exact) mass is 434 g/mol. The first-order valence-corrected chi connectivity index (χ1v) is 10.5. The van der Waals surface area contributed by atoms with Crippen LogP contribution in [0.3, 0.4) is 0 Å². The van der Waals surface area contributed by atoms with Crippen LogP contribution in [0.2, 0.25) is 0 Å². The summed E-state index contributed by atoms with van der Waals surface area (Å²) in [5.41, 5.74) is 3.32. The van der Waals surface area contributed by atoms with E-state index in [0.717, 1.165) is 27.2 Å². The minimum absolute atomic E-state index is 0.191. The quantitative estimate of drug-likeness (QED) is 0.704. The number of fused-ring (bicyclic) bond motifs is 2. The summed E-state index contributed by atoms with van der Waals surface area (Å²) in [6, 6.07) is 12.7. The second-order valence-electron chi connectivity index (χ2n) is 8.50. The number of nitrogens with zero attached hydrogens (tertiary/aromatic N) is 2. The van der Waals surface area contributed by atoms with E-state index in [1.54, 1.807) is 0 Å². The van der Waals surface area contributed by atoms with Crippen molar-refractivity contribution < 1.29 is 19.2 Å². The number of aryl methyl sites for hydroxylation is 3. The Morgan fingerprint density at radius 2 is 1.91 bits per heavy atom. The molecule has 2 aromatic carbocycles. The number of urea groups is 1. The molecule has 1 spiro atoms. The smallest absolute Gasteiger partial charge is 0.325 e. The van der Waals surface area contributed by atoms with E-state index in [9.17, 15) is 19.2 Å². The number of imide groups is 1. The Balaban J connectivity index is 1.40. The van der Waals surface area contributed by atoms with E-state index in [4.69, 9.17) is 0 Å². The summed E-state index contributed by atoms with van der Waals surface area (Å²) >= 11 is 0. The fourth-order valence-electron chi connectivity index (χ4n) is 4.35. The van der Waals surface area contributed by atoms with Crippen LogP contribution in [0.1, 0.15) is 28.7 Å². The maximum atomic E-state index is 13.2. The van der Waals surface area contributed by atoms with Gasteiger partial charge in [0.05, 0.1) is 6.54 Å². The lowest BCUT2D eigenvalue weighted by Gasteiger charge is -2.23. The first-order chi connectivity index (χ1) is 15.2. The molecule has 2 aromatic rings. The molecule has 1 aliphatic heterocycles. The topological polar surface area (TPSA) is 98.8 Å². The highest BCUT2D eigenvalue weighted by molar-refractivity contribution is 6.10. The highest BCUT2D eigenvalue weighted by Crippen LogP contribution is 2.41. The number of benzene rings is 2. The number of hydrogen-bond acceptors (Lipinski definition) is 4. The number of hydrogen-bond donors (Lipinski definition) is 2. The summed E-state index contributed by atoms with van der Waals surface area (Å²) in [7, 11) is 1.48. The van der Waals surface area contributed by atoms with Crippen LogP contribution in [-0.2, 0) is 26.3 Å². The minimum Gasteiger partial charge on any atom is -0.335 e. The van der Waals surface area contributed by atoms with Crippen molar-refractivity contribution >= 4 is 29.4 Å². The second kappa shape index (κ2) is 8.11. The second-order valence-corrected chi connectivity index (χ2v) is 8.50. The molecule has 1 atom stereocenters. The molecule has 1 heterocycles. The Labute approximate surface area is 186 Å². The standard InChI is InChI=1S/C24H26N4O4/c1-15-8-9-16(2)19(12-15)25-20(29)13-27(3)21(30)14-28-22(31)24(26-23(28)32)11-10-17-6-4-5-7-18(17)24/h4-9,12H,10-11,13-14H2,1-3H3,(H,25,29)(H,26,32)/t24-/m0/s1. The number of anilines is 1. The molecule has 1 fully saturated rings. The van der Waals surface area contributed by atoms with Gasteiger partial charge < -0.3 is 15.5 Å². The van der Waals surface area contributed by atoms with Gasteiger partial charge in [0.25, 0.3) is 5.91 Å². The summed E-state index contributed by atoms with van der Waals surface area (Å²) in [4.78, 5) is 53.1. The third-order valence-electron chi connectivity index (χ3n) is 6.19. The van der Waals surface area contributed by atoms with Crippen molar-refractivity contribution in [2.24, 2.45) is 0 Å². The average Bonchev–Trinajstić information content (AvgIpc) is 3.24. The van der Waals surface area contributed by atoms with E-state index in [-0.39, 0.29) is 12.5 Å². The van der Waals surface area contributed by atoms with Crippen LogP contribution in [0.5, 0.6) is 0 Å². The summed E-state index contributed by atoms with van der Waals surface area (Å²) in [5, 5.41) is 5.61. The van der Waals surface area contributed by atoms with Crippen molar-refractivity contribution in [3.63, 3.8) is 0 Å². The van der Waals surface area contributed by atoms with Gasteiger partial charge in [-0.05, 0) is 55.0 Å². The number of nitrogens with one attached hydrogen (secondary N) is 2. The van der Waals surface area contributed by atoms with E-state index in [2.05, 4.69) is 10.6 Å². The maximum absolute atomic E-state index is 13.2. The molecule has 32 heavy (non-hydrogen) atoms. The van der Waals surface area contributed by atoms with Crippen molar-refractivity contribution in [3.8, 4) is 0 Å². The van der Waals surface area contributed by atoms with E-state index in [1.165, 1.54) is 11.9 Å². The lowest BCUT2D eigenvalue weighted by molar-refractivity contribution is -0.139. The fraction of sp³-hybridized carbons (Fsp3) is 0.333. The third-order valence-corrected chi connectivity index (χ3v) is 6.19. The third kappa shape index (κ3) is 3.72. The van der Waals surface area contributed by atoms with E-state index in [0.29, 0.717) is 18.5 Å². The molecule has 8 heteroatoms. The first-order valence-electron chi connectivity index (χ1n) is 10.5. The Morgan fingerprint density at radius 1 is 1.16 bits per heavy atom. The molecule has 4 rings (SSSR count). The van der Waals surface area contributed by atoms with Gasteiger partial charge in [-0.1, -0.05) is 36.4 Å². The zero-order valence-corrected chi connectivity index (χ0v) is 18.4. The largest absolute Gasteiger partial charge is 0.335 e. The van der Waals surface area contributed by atoms with Crippen LogP contribution < -0.4 is 10.6 Å². The van der Waals surface area contributed by atoms with E-state index >= 15 is 0 Å². The van der Waals surface area contributed by atoms with Crippen LogP contribution in [-0.4, -0.2) is 53.7 Å². The summed E-state index contributed by atoms with van der Waals surface area (Å²) in [6.07, 6.45) is 1.15. The van der Waals surface area contributed by atoms with Gasteiger partial charge in [-0.25, -0.2) is 4.79 Å². The van der Waals surface area contributed by atoms with Crippen molar-refractivity contribution in [3.05, 3.63) is 64.7 Å². The molecule has 5 amide bonds. The summed E-state index contributed by atoms with van der Waals surface area (Å²) in [6.45, 7) is 3.21. The predicted molar refractivity (Wildman–Crippen MR) is 119 cm³/mol. The zero-order chi connectivity index (χ0) is 23.0. The molecular weight excluding hydrogens is 408 g/mol. The predicted octanol–water partition coefficient (Wildman–Crippen LogP) is 2.09. The summed E-state index contributed by atoms with van der Waals surface area (Å²) < 4.78 is 0. The molecule has 2 aliphatic rings. The molecule has 166 valence electrons. The van der Waals surface area contributed by atoms with Gasteiger partial charge in [-0.15, -0.1) is 0 Å². The normalized spacial score (nSPS) is 19.2. The zero-order valence-electron chi connectivity index (χ0n) is 18.4. The average molecular weight is 434 g/mol. The molecule has 0 radical (unpaired) electrons. The lowest BCUT2D eigenvalue weighted by atomic mass is 9.92. The van der Waals surface area contributed by atoms with E-state index in [1.807, 2.05) is 56.3 Å². The Morgan fingerprint density at radius 3 is 2.69 bits per heavy atom. The number of rotatable bonds is 5. The van der Waals surface area contributed by atoms with Crippen LogP contribution in [0.15, 0.2) is 42.5 Å². The van der Waals surface area contributed by atoms with Gasteiger partial charge in [-0.2, -0.15) is 0 Å². The highest BCUT2D eigenvalue weighted by Gasteiger charge is 2.55. The Hall–Kier alpha value is -3.68. The van der Waals surface area contributed by atoms with Crippen LogP contribution in [0.4, 0.5) is 10.5 Å². The summed E-state index contributed by atoms with van der Waals surface area (Å²) in [5.74, 6) is -1.27. The molecule has 0 unspecified atom stereocenters. The Bertz CT molecular complexity index is 1130. The van der Waals surface area contributed by atoms with Crippen molar-refractivity contribution in [1.29, 1.82) is 0 Å². The van der Waals surface area contributed by atoms with Crippen molar-refractivity contribution in [1.82, 2.24) is 15.1 Å². The molecular formula is C24H26N4O4. The number of carbonyl (C=O) groups is 4. The van der Waals surface area contributed by atoms with Gasteiger partial charge in [0.15, 0.2) is 0 Å². The molecule has 1 aliphatic carbocycles. The maximum Gasteiger partial charge on any atom is 0.325 e. The van der Waals surface area contributed by atoms with Gasteiger partial charge in [-0.3, -0.25) is 19.3 Å². The van der Waals surface area contributed by atoms with Crippen LogP contribution in [0.25, 0.3) is 0 Å². The van der Waals surface area contributed by atoms with E-state index < -0.39 is 29.9 Å². The molecule has 2 N–H and O–H groups in total. The molecule has 8 nitrogen and oxygen atoms in total. The lowest BCUT2D eigenvalue weighted by Crippen LogP contribution is -2.45. The van der Waals surface area contributed by atoms with Gasteiger partial charge in [0.2, 0.25) is 11.8 Å². The van der Waals surface area contributed by atoms with Gasteiger partial charge >= 0.3 is 6.03 Å². The Kier molecular flexibility index (Phi) is 5.46. The van der Waals surface area contributed by atoms with Crippen LogP contribution >= 0.6 is 0 Å². The molecule has 1 saturated heterocycles. The molecule has 0 saturated carbocycles. The molecule has 0 aromatic heterocycles. The number of amides is 5. The first kappa shape index (κ1) is 21.5. The fourth-order valence-corrected chi connectivity index (χ4v) is 4.35. The van der Waals surface area contributed by atoms with Crippen LogP contribution in [0, 0.1) is 13.8 Å². The number of carbonyl (C=O) groups excluding carboxylic acids is 4.